The first-order valence-corrected chi connectivity index (χ1v) is 26.4. The summed E-state index contributed by atoms with van der Waals surface area (Å²) in [5, 5.41) is 29.7. The Bertz CT molecular complexity index is 2620. The van der Waals surface area contributed by atoms with Gasteiger partial charge in [0, 0.05) is 13.2 Å². The van der Waals surface area contributed by atoms with Crippen molar-refractivity contribution < 1.29 is 23.9 Å². The van der Waals surface area contributed by atoms with E-state index in [1.807, 2.05) is 115 Å². The molecular formula is C52H66N10O5S3. The van der Waals surface area contributed by atoms with Crippen LogP contribution in [0.25, 0.3) is 0 Å². The number of rotatable bonds is 19. The molecule has 3 amide bonds. The zero-order valence-electron chi connectivity index (χ0n) is 42.4. The van der Waals surface area contributed by atoms with Crippen LogP contribution in [-0.2, 0) is 23.9 Å². The fourth-order valence-corrected chi connectivity index (χ4v) is 10.9. The van der Waals surface area contributed by atoms with Crippen molar-refractivity contribution in [2.24, 2.45) is 30.6 Å². The highest BCUT2D eigenvalue weighted by atomic mass is 32.2. The molecule has 3 aromatic carbocycles. The third-order valence-corrected chi connectivity index (χ3v) is 14.4. The minimum absolute atomic E-state index is 0.0155. The Morgan fingerprint density at radius 3 is 1.74 bits per heavy atom. The van der Waals surface area contributed by atoms with Crippen LogP contribution in [0.3, 0.4) is 0 Å². The molecule has 18 heteroatoms. The molecule has 0 radical (unpaired) electrons. The highest BCUT2D eigenvalue weighted by molar-refractivity contribution is 8.16. The third-order valence-electron chi connectivity index (χ3n) is 11.1. The second-order valence-electron chi connectivity index (χ2n) is 18.4. The molecule has 0 saturated carbocycles. The second kappa shape index (κ2) is 24.6. The normalized spacial score (nSPS) is 20.6. The Labute approximate surface area is 425 Å². The number of thioether (sulfide) groups is 3. The first kappa shape index (κ1) is 53.9. The molecule has 1 N–H and O–H groups in total. The lowest BCUT2D eigenvalue weighted by Crippen LogP contribution is -2.32. The number of ether oxygens (including phenoxy) is 2. The van der Waals surface area contributed by atoms with Crippen molar-refractivity contribution in [3.63, 3.8) is 0 Å². The molecule has 6 rings (SSSR count). The summed E-state index contributed by atoms with van der Waals surface area (Å²) in [4.78, 5) is 48.2. The number of benzene rings is 3. The maximum absolute atomic E-state index is 15.1. The van der Waals surface area contributed by atoms with Crippen LogP contribution in [0, 0.1) is 0 Å². The minimum atomic E-state index is -0.695. The minimum Gasteiger partial charge on any atom is -0.394 e. The average Bonchev–Trinajstić information content (AvgIpc) is 3.95. The molecule has 0 spiro atoms. The molecule has 3 unspecified atom stereocenters. The van der Waals surface area contributed by atoms with Gasteiger partial charge in [0.1, 0.15) is 10.5 Å². The quantitative estimate of drug-likeness (QED) is 0.0908. The number of para-hydroxylation sites is 1. The summed E-state index contributed by atoms with van der Waals surface area (Å²) in [5.74, 6) is -0.150. The van der Waals surface area contributed by atoms with Crippen LogP contribution >= 0.6 is 35.3 Å². The largest absolute Gasteiger partial charge is 0.394 e. The predicted molar refractivity (Wildman–Crippen MR) is 295 cm³/mol. The molecule has 3 atom stereocenters. The van der Waals surface area contributed by atoms with Crippen molar-refractivity contribution in [2.75, 3.05) is 34.1 Å². The van der Waals surface area contributed by atoms with Gasteiger partial charge in [-0.05, 0) is 111 Å². The van der Waals surface area contributed by atoms with Crippen molar-refractivity contribution in [2.45, 2.75) is 130 Å². The van der Waals surface area contributed by atoms with Gasteiger partial charge in [-0.1, -0.05) is 119 Å². The van der Waals surface area contributed by atoms with Gasteiger partial charge in [0.2, 0.25) is 5.91 Å². The summed E-state index contributed by atoms with van der Waals surface area (Å²) in [6.45, 7) is 24.4. The maximum atomic E-state index is 15.1. The number of hydrogen-bond acceptors (Lipinski definition) is 15. The van der Waals surface area contributed by atoms with E-state index in [4.69, 9.17) is 9.47 Å². The zero-order chi connectivity index (χ0) is 50.8. The summed E-state index contributed by atoms with van der Waals surface area (Å²) >= 11 is 3.99. The van der Waals surface area contributed by atoms with Gasteiger partial charge < -0.3 is 14.8 Å². The van der Waals surface area contributed by atoms with E-state index >= 15 is 4.79 Å². The summed E-state index contributed by atoms with van der Waals surface area (Å²) < 4.78 is 11.5. The van der Waals surface area contributed by atoms with Gasteiger partial charge in [-0.2, -0.15) is 15.3 Å². The number of hydrogen-bond donors (Lipinski definition) is 1. The van der Waals surface area contributed by atoms with Crippen molar-refractivity contribution in [3.05, 3.63) is 100 Å². The van der Waals surface area contributed by atoms with Gasteiger partial charge in [0.25, 0.3) is 11.8 Å². The van der Waals surface area contributed by atoms with Crippen molar-refractivity contribution in [1.29, 1.82) is 0 Å². The van der Waals surface area contributed by atoms with E-state index in [1.54, 1.807) is 33.3 Å². The Hall–Kier alpha value is -5.40. The van der Waals surface area contributed by atoms with Crippen LogP contribution in [0.4, 0.5) is 17.1 Å². The van der Waals surface area contributed by atoms with Crippen LogP contribution < -0.4 is 20.0 Å². The molecule has 0 aromatic heterocycles. The first-order valence-electron chi connectivity index (χ1n) is 23.7. The molecule has 372 valence electrons. The number of nitrogens with zero attached hydrogens (tertiary/aromatic N) is 9. The maximum Gasteiger partial charge on any atom is 0.251 e. The molecule has 0 aliphatic carbocycles. The van der Waals surface area contributed by atoms with E-state index < -0.39 is 10.5 Å². The highest BCUT2D eigenvalue weighted by Crippen LogP contribution is 2.48. The smallest absolute Gasteiger partial charge is 0.251 e. The lowest BCUT2D eigenvalue weighted by Gasteiger charge is -2.24. The Balaban J connectivity index is 1.40. The number of nitrogens with one attached hydrogen (secondary N) is 1. The molecule has 3 aromatic rings. The van der Waals surface area contributed by atoms with Gasteiger partial charge in [-0.25, -0.2) is 0 Å². The van der Waals surface area contributed by atoms with Gasteiger partial charge in [-0.15, -0.1) is 15.3 Å². The summed E-state index contributed by atoms with van der Waals surface area (Å²) in [6, 6.07) is 19.5. The molecule has 3 fully saturated rings. The number of amidine groups is 3. The van der Waals surface area contributed by atoms with E-state index in [2.05, 4.69) is 77.5 Å². The summed E-state index contributed by atoms with van der Waals surface area (Å²) in [6.07, 6.45) is 6.40. The lowest BCUT2D eigenvalue weighted by molar-refractivity contribution is -0.117. The van der Waals surface area contributed by atoms with E-state index in [1.165, 1.54) is 35.3 Å². The van der Waals surface area contributed by atoms with Crippen molar-refractivity contribution in [1.82, 2.24) is 5.32 Å². The number of anilines is 3. The molecular weight excluding hydrogens is 941 g/mol. The molecule has 3 saturated heterocycles. The van der Waals surface area contributed by atoms with Gasteiger partial charge >= 0.3 is 0 Å². The fourth-order valence-electron chi connectivity index (χ4n) is 7.93. The van der Waals surface area contributed by atoms with Gasteiger partial charge in [0.15, 0.2) is 15.5 Å². The number of amides is 3. The summed E-state index contributed by atoms with van der Waals surface area (Å²) in [7, 11) is 1.82. The Morgan fingerprint density at radius 1 is 0.671 bits per heavy atom. The average molecular weight is 1010 g/mol. The highest BCUT2D eigenvalue weighted by Gasteiger charge is 2.44. The van der Waals surface area contributed by atoms with E-state index in [-0.39, 0.29) is 59.5 Å². The van der Waals surface area contributed by atoms with E-state index in [9.17, 15) is 9.59 Å². The van der Waals surface area contributed by atoms with E-state index in [0.717, 1.165) is 39.1 Å². The number of allylic oxidation sites excluding steroid dienone is 1. The second-order valence-corrected chi connectivity index (χ2v) is 21.5. The van der Waals surface area contributed by atoms with Crippen LogP contribution in [0.15, 0.2) is 103 Å². The van der Waals surface area contributed by atoms with Crippen molar-refractivity contribution in [3.8, 4) is 0 Å². The zero-order valence-corrected chi connectivity index (χ0v) is 44.9. The standard InChI is InChI=1S/C52H66N10O5S3/c1-30(2)39-16-14-15-17-42(39)61-48(64)46(69-51(61)58-55-27-35(11)26-53-13)38-19-21-44(41(25-38)32(5)6)62-49(65)47(70-52(62)59-56-28-36(12)67-34(9)10)37-18-20-43(40(24-37)31(3)4)60-45(63)29-68-50(60)57-54-22-23-66-33(7)8/h14-22,24-28,30-34,36,46-47,53H,23,29H2,1-13H3/b35-26-,54-22+,55-27+,56-28+,57-50-,58-51-,59-52-. The summed E-state index contributed by atoms with van der Waals surface area (Å²) in [5.41, 5.74) is 7.24. The monoisotopic (exact) mass is 1010 g/mol. The SMILES string of the molecule is CN\C=C(C)/C=N/N=C1\SC(c2ccc(N3C(=O)C(c4ccc(N5C(=O)CS/C5=N\N=C\COC(C)C)c(C(C)C)c4)S/C3=N\N=C\C(C)OC(C)C)c(C(C)C)c2)C(=O)N1c1ccccc1C(C)C. The third kappa shape index (κ3) is 12.9. The topological polar surface area (TPSA) is 166 Å². The predicted octanol–water partition coefficient (Wildman–Crippen LogP) is 11.2. The molecule has 70 heavy (non-hydrogen) atoms. The lowest BCUT2D eigenvalue weighted by atomic mass is 9.95. The molecule has 3 heterocycles. The number of carbonyl (C=O) groups is 3. The fraction of sp³-hybridized carbons (Fsp3) is 0.442. The van der Waals surface area contributed by atoms with Crippen molar-refractivity contribution >= 4 is 104 Å². The van der Waals surface area contributed by atoms with Crippen LogP contribution in [-0.4, -0.2) is 89.6 Å². The molecule has 3 aliphatic heterocycles. The van der Waals surface area contributed by atoms with E-state index in [0.29, 0.717) is 33.5 Å². The molecule has 15 nitrogen and oxygen atoms in total. The molecule has 0 bridgehead atoms. The van der Waals surface area contributed by atoms with Crippen LogP contribution in [0.2, 0.25) is 0 Å². The van der Waals surface area contributed by atoms with Crippen LogP contribution in [0.5, 0.6) is 0 Å². The number of carbonyl (C=O) groups excluding carboxylic acids is 3. The van der Waals surface area contributed by atoms with Crippen LogP contribution in [0.1, 0.15) is 139 Å². The Morgan fingerprint density at radius 2 is 1.20 bits per heavy atom. The van der Waals surface area contributed by atoms with Gasteiger partial charge in [0.05, 0.1) is 66.4 Å². The Kier molecular flexibility index (Phi) is 19.0. The van der Waals surface area contributed by atoms with Gasteiger partial charge in [-0.3, -0.25) is 29.1 Å². The molecule has 3 aliphatic rings. The first-order chi connectivity index (χ1) is 33.4.